The highest BCUT2D eigenvalue weighted by Gasteiger charge is 2.06. The lowest BCUT2D eigenvalue weighted by atomic mass is 10.1. The van der Waals surface area contributed by atoms with Gasteiger partial charge in [0, 0.05) is 13.7 Å². The highest BCUT2D eigenvalue weighted by molar-refractivity contribution is 6.32. The Morgan fingerprint density at radius 2 is 2.06 bits per heavy atom. The lowest BCUT2D eigenvalue weighted by molar-refractivity contribution is 0.202. The largest absolute Gasteiger partial charge is 0.384 e. The van der Waals surface area contributed by atoms with Crippen LogP contribution >= 0.6 is 11.6 Å². The quantitative estimate of drug-likeness (QED) is 0.664. The molecule has 2 nitrogen and oxygen atoms in total. The Kier molecular flexibility index (Phi) is 9.98. The molecule has 0 aliphatic carbocycles. The van der Waals surface area contributed by atoms with Gasteiger partial charge in [0.1, 0.15) is 0 Å². The maximum atomic E-state index is 6.23. The lowest BCUT2D eigenvalue weighted by Gasteiger charge is -2.13. The molecule has 0 saturated heterocycles. The number of allylic oxidation sites excluding steroid dienone is 4. The zero-order chi connectivity index (χ0) is 13.1. The monoisotopic (exact) mass is 257 g/mol. The molecule has 0 aliphatic heterocycles. The number of rotatable bonds is 8. The van der Waals surface area contributed by atoms with Crippen molar-refractivity contribution in [2.24, 2.45) is 0 Å². The Morgan fingerprint density at radius 3 is 2.53 bits per heavy atom. The summed E-state index contributed by atoms with van der Waals surface area (Å²) >= 11 is 6.23. The predicted molar refractivity (Wildman–Crippen MR) is 76.2 cm³/mol. The van der Waals surface area contributed by atoms with Gasteiger partial charge in [0.25, 0.3) is 0 Å². The summed E-state index contributed by atoms with van der Waals surface area (Å²) in [5, 5.41) is 4.09. The summed E-state index contributed by atoms with van der Waals surface area (Å²) in [4.78, 5) is 0. The van der Waals surface area contributed by atoms with Gasteiger partial charge in [0.2, 0.25) is 0 Å². The minimum Gasteiger partial charge on any atom is -0.384 e. The first-order valence-electron chi connectivity index (χ1n) is 6.15. The fourth-order valence-corrected chi connectivity index (χ4v) is 1.62. The first-order chi connectivity index (χ1) is 8.21. The number of methoxy groups -OCH3 is 1. The molecule has 3 heteroatoms. The maximum absolute atomic E-state index is 6.23. The van der Waals surface area contributed by atoms with E-state index >= 15 is 0 Å². The number of likely N-dealkylation sites (N-methyl/N-ethyl adjacent to an activating group) is 1. The normalized spacial score (nSPS) is 14.1. The Hall–Kier alpha value is -0.730. The van der Waals surface area contributed by atoms with Crippen LogP contribution < -0.4 is 5.32 Å². The third-order valence-electron chi connectivity index (χ3n) is 2.30. The summed E-state index contributed by atoms with van der Waals surface area (Å²) in [7, 11) is 1.71. The van der Waals surface area contributed by atoms with Crippen LogP contribution in [0.5, 0.6) is 0 Å². The van der Waals surface area contributed by atoms with Crippen LogP contribution in [0.1, 0.15) is 33.6 Å². The molecular formula is C14H24ClNO. The molecule has 0 aromatic rings. The Labute approximate surface area is 110 Å². The second kappa shape index (κ2) is 10.4. The van der Waals surface area contributed by atoms with Crippen LogP contribution in [-0.4, -0.2) is 20.3 Å². The molecular weight excluding hydrogens is 234 g/mol. The molecule has 0 atom stereocenters. The third kappa shape index (κ3) is 6.54. The number of nitrogens with one attached hydrogen (secondary N) is 1. The van der Waals surface area contributed by atoms with Crippen LogP contribution in [0, 0.1) is 0 Å². The van der Waals surface area contributed by atoms with Crippen molar-refractivity contribution in [3.05, 3.63) is 34.5 Å². The summed E-state index contributed by atoms with van der Waals surface area (Å²) < 4.78 is 5.14. The second-order valence-corrected chi connectivity index (χ2v) is 4.03. The number of halogens is 1. The highest BCUT2D eigenvalue weighted by Crippen LogP contribution is 2.20. The van der Waals surface area contributed by atoms with E-state index in [0.717, 1.165) is 30.1 Å². The van der Waals surface area contributed by atoms with E-state index in [0.29, 0.717) is 6.61 Å². The fraction of sp³-hybridized carbons (Fsp3) is 0.571. The highest BCUT2D eigenvalue weighted by atomic mass is 35.5. The van der Waals surface area contributed by atoms with Crippen molar-refractivity contribution in [3.63, 3.8) is 0 Å². The van der Waals surface area contributed by atoms with E-state index in [9.17, 15) is 0 Å². The van der Waals surface area contributed by atoms with E-state index in [1.54, 1.807) is 7.11 Å². The Bertz CT molecular complexity index is 293. The van der Waals surface area contributed by atoms with E-state index in [-0.39, 0.29) is 0 Å². The first-order valence-corrected chi connectivity index (χ1v) is 6.53. The molecule has 0 aromatic heterocycles. The molecule has 0 saturated carbocycles. The lowest BCUT2D eigenvalue weighted by Crippen LogP contribution is -2.15. The molecule has 17 heavy (non-hydrogen) atoms. The standard InChI is InChI=1S/C14H24ClNO/c1-5-8-9-12(10-11-17-4)14(16-7-3)13(15)6-2/h6,8-9,16H,5,7,10-11H2,1-4H3/b9-8+,13-6+,14-12-. The van der Waals surface area contributed by atoms with Crippen molar-refractivity contribution >= 4 is 11.6 Å². The van der Waals surface area contributed by atoms with Gasteiger partial charge in [-0.2, -0.15) is 0 Å². The summed E-state index contributed by atoms with van der Waals surface area (Å²) in [6.45, 7) is 7.69. The van der Waals surface area contributed by atoms with E-state index in [2.05, 4.69) is 31.3 Å². The third-order valence-corrected chi connectivity index (χ3v) is 2.70. The summed E-state index contributed by atoms with van der Waals surface area (Å²) in [5.41, 5.74) is 2.21. The number of ether oxygens (including phenoxy) is 1. The summed E-state index contributed by atoms with van der Waals surface area (Å²) in [6, 6.07) is 0. The predicted octanol–water partition coefficient (Wildman–Crippen LogP) is 4.00. The van der Waals surface area contributed by atoms with Crippen molar-refractivity contribution in [2.45, 2.75) is 33.6 Å². The van der Waals surface area contributed by atoms with Gasteiger partial charge >= 0.3 is 0 Å². The maximum Gasteiger partial charge on any atom is 0.0597 e. The van der Waals surface area contributed by atoms with Crippen LogP contribution in [0.15, 0.2) is 34.5 Å². The van der Waals surface area contributed by atoms with E-state index in [4.69, 9.17) is 16.3 Å². The van der Waals surface area contributed by atoms with Crippen LogP contribution in [0.4, 0.5) is 0 Å². The minimum absolute atomic E-state index is 0.701. The van der Waals surface area contributed by atoms with Crippen molar-refractivity contribution in [2.75, 3.05) is 20.3 Å². The molecule has 0 amide bonds. The molecule has 0 heterocycles. The zero-order valence-corrected chi connectivity index (χ0v) is 12.1. The van der Waals surface area contributed by atoms with Crippen LogP contribution in [0.3, 0.4) is 0 Å². The molecule has 0 unspecified atom stereocenters. The SMILES string of the molecule is C\C=C(Cl)/C(NCC)=C(\C=C\CC)CCOC. The van der Waals surface area contributed by atoms with Crippen molar-refractivity contribution in [3.8, 4) is 0 Å². The smallest absolute Gasteiger partial charge is 0.0597 e. The molecule has 0 aromatic carbocycles. The molecule has 0 fully saturated rings. The molecule has 0 aliphatic rings. The van der Waals surface area contributed by atoms with E-state index in [1.165, 1.54) is 5.57 Å². The average Bonchev–Trinajstić information content (AvgIpc) is 2.36. The van der Waals surface area contributed by atoms with Gasteiger partial charge in [-0.05, 0) is 32.3 Å². The Morgan fingerprint density at radius 1 is 1.35 bits per heavy atom. The second-order valence-electron chi connectivity index (χ2n) is 3.62. The fourth-order valence-electron chi connectivity index (χ4n) is 1.44. The summed E-state index contributed by atoms with van der Waals surface area (Å²) in [5.74, 6) is 0. The first kappa shape index (κ1) is 16.3. The van der Waals surface area contributed by atoms with Crippen LogP contribution in [0.2, 0.25) is 0 Å². The topological polar surface area (TPSA) is 21.3 Å². The van der Waals surface area contributed by atoms with Gasteiger partial charge in [-0.3, -0.25) is 0 Å². The Balaban J connectivity index is 5.14. The van der Waals surface area contributed by atoms with Gasteiger partial charge in [-0.25, -0.2) is 0 Å². The zero-order valence-electron chi connectivity index (χ0n) is 11.3. The van der Waals surface area contributed by atoms with Gasteiger partial charge in [0.15, 0.2) is 0 Å². The van der Waals surface area contributed by atoms with Gasteiger partial charge < -0.3 is 10.1 Å². The molecule has 0 rings (SSSR count). The minimum atomic E-state index is 0.701. The molecule has 0 radical (unpaired) electrons. The number of hydrogen-bond donors (Lipinski definition) is 1. The molecule has 98 valence electrons. The number of hydrogen-bond acceptors (Lipinski definition) is 2. The van der Waals surface area contributed by atoms with E-state index < -0.39 is 0 Å². The van der Waals surface area contributed by atoms with Crippen LogP contribution in [0.25, 0.3) is 0 Å². The van der Waals surface area contributed by atoms with E-state index in [1.807, 2.05) is 13.0 Å². The van der Waals surface area contributed by atoms with Crippen molar-refractivity contribution in [1.29, 1.82) is 0 Å². The van der Waals surface area contributed by atoms with Crippen molar-refractivity contribution < 1.29 is 4.74 Å². The molecule has 0 spiro atoms. The molecule has 1 N–H and O–H groups in total. The van der Waals surface area contributed by atoms with Gasteiger partial charge in [0.05, 0.1) is 17.3 Å². The van der Waals surface area contributed by atoms with Gasteiger partial charge in [-0.15, -0.1) is 0 Å². The van der Waals surface area contributed by atoms with Crippen LogP contribution in [-0.2, 0) is 4.74 Å². The average molecular weight is 258 g/mol. The van der Waals surface area contributed by atoms with Gasteiger partial charge in [-0.1, -0.05) is 36.8 Å². The summed E-state index contributed by atoms with van der Waals surface area (Å²) in [6.07, 6.45) is 8.06. The van der Waals surface area contributed by atoms with Crippen molar-refractivity contribution in [1.82, 2.24) is 5.32 Å². The molecule has 0 bridgehead atoms.